The molecule has 0 atom stereocenters. The number of aryl methyl sites for hydroxylation is 1. The van der Waals surface area contributed by atoms with E-state index in [0.29, 0.717) is 43.7 Å². The molecule has 0 amide bonds. The predicted molar refractivity (Wildman–Crippen MR) is 92.6 cm³/mol. The van der Waals surface area contributed by atoms with Gasteiger partial charge in [0.1, 0.15) is 10.8 Å². The van der Waals surface area contributed by atoms with Gasteiger partial charge < -0.3 is 4.42 Å². The largest absolute Gasteiger partial charge is 0.440 e. The number of aromatic nitrogens is 2. The summed E-state index contributed by atoms with van der Waals surface area (Å²) < 4.78 is 6.50. The van der Waals surface area contributed by atoms with Gasteiger partial charge in [0.2, 0.25) is 0 Å². The quantitative estimate of drug-likeness (QED) is 0.450. The average Bonchev–Trinajstić information content (AvgIpc) is 2.83. The van der Waals surface area contributed by atoms with Crippen molar-refractivity contribution >= 4 is 50.7 Å². The Morgan fingerprint density at radius 1 is 1.14 bits per heavy atom. The van der Waals surface area contributed by atoms with Gasteiger partial charge in [0.25, 0.3) is 0 Å². The number of nitrogens with zero attached hydrogens (tertiary/aromatic N) is 2. The van der Waals surface area contributed by atoms with E-state index in [2.05, 4.69) is 25.9 Å². The number of halogens is 4. The van der Waals surface area contributed by atoms with Crippen LogP contribution in [0.4, 0.5) is 0 Å². The fourth-order valence-electron chi connectivity index (χ4n) is 2.08. The topological polar surface area (TPSA) is 38.9 Å². The number of hydrogen-bond donors (Lipinski definition) is 0. The molecule has 22 heavy (non-hydrogen) atoms. The van der Waals surface area contributed by atoms with Crippen LogP contribution >= 0.6 is 50.7 Å². The van der Waals surface area contributed by atoms with Crippen LogP contribution in [0.5, 0.6) is 0 Å². The van der Waals surface area contributed by atoms with Crippen LogP contribution in [0.3, 0.4) is 0 Å². The van der Waals surface area contributed by atoms with E-state index in [1.807, 2.05) is 6.07 Å². The third kappa shape index (κ3) is 2.76. The first-order valence-electron chi connectivity index (χ1n) is 6.21. The molecule has 112 valence electrons. The maximum Gasteiger partial charge on any atom is 0.192 e. The molecular formula is C15H8BrCl3N2O. The zero-order chi connectivity index (χ0) is 15.9. The van der Waals surface area contributed by atoms with Crippen molar-refractivity contribution in [2.24, 2.45) is 0 Å². The minimum Gasteiger partial charge on any atom is -0.440 e. The smallest absolute Gasteiger partial charge is 0.192 e. The van der Waals surface area contributed by atoms with Gasteiger partial charge in [-0.25, -0.2) is 9.97 Å². The highest BCUT2D eigenvalue weighted by atomic mass is 79.9. The Morgan fingerprint density at radius 2 is 1.91 bits per heavy atom. The van der Waals surface area contributed by atoms with Crippen molar-refractivity contribution in [2.75, 3.05) is 0 Å². The second-order valence-corrected chi connectivity index (χ2v) is 6.47. The summed E-state index contributed by atoms with van der Waals surface area (Å²) >= 11 is 22.1. The molecule has 3 rings (SSSR count). The van der Waals surface area contributed by atoms with E-state index in [9.17, 15) is 0 Å². The molecule has 0 aliphatic heterocycles. The minimum absolute atomic E-state index is 0.321. The van der Waals surface area contributed by atoms with Gasteiger partial charge in [0.15, 0.2) is 11.7 Å². The summed E-state index contributed by atoms with van der Waals surface area (Å²) in [6.07, 6.45) is 1.61. The van der Waals surface area contributed by atoms with E-state index in [-0.39, 0.29) is 0 Å². The molecule has 1 aromatic carbocycles. The lowest BCUT2D eigenvalue weighted by Crippen LogP contribution is -1.89. The van der Waals surface area contributed by atoms with Crippen molar-refractivity contribution in [3.8, 4) is 22.6 Å². The van der Waals surface area contributed by atoms with Crippen molar-refractivity contribution in [1.82, 2.24) is 9.97 Å². The maximum atomic E-state index is 6.30. The van der Waals surface area contributed by atoms with Crippen molar-refractivity contribution < 1.29 is 4.42 Å². The van der Waals surface area contributed by atoms with Gasteiger partial charge in [-0.1, -0.05) is 40.9 Å². The molecule has 2 heterocycles. The van der Waals surface area contributed by atoms with Crippen LogP contribution in [0.2, 0.25) is 15.2 Å². The summed E-state index contributed by atoms with van der Waals surface area (Å²) in [5, 5.41) is 1.16. The Morgan fingerprint density at radius 3 is 2.64 bits per heavy atom. The molecule has 3 aromatic rings. The summed E-state index contributed by atoms with van der Waals surface area (Å²) in [5.74, 6) is 0.994. The monoisotopic (exact) mass is 416 g/mol. The van der Waals surface area contributed by atoms with Crippen molar-refractivity contribution in [1.29, 1.82) is 0 Å². The fourth-order valence-corrected chi connectivity index (χ4v) is 3.33. The van der Waals surface area contributed by atoms with Crippen LogP contribution < -0.4 is 0 Å². The van der Waals surface area contributed by atoms with E-state index in [1.165, 1.54) is 0 Å². The zero-order valence-electron chi connectivity index (χ0n) is 11.2. The van der Waals surface area contributed by atoms with E-state index in [4.69, 9.17) is 39.2 Å². The molecule has 7 heteroatoms. The van der Waals surface area contributed by atoms with Gasteiger partial charge in [-0.2, -0.15) is 0 Å². The highest BCUT2D eigenvalue weighted by Crippen LogP contribution is 2.42. The summed E-state index contributed by atoms with van der Waals surface area (Å²) in [6.45, 7) is 1.75. The fraction of sp³-hybridized carbons (Fsp3) is 0.0667. The standard InChI is InChI=1S/C15H8BrCl3N2O/c1-7-21-13(11-9(16)5-6-20-15(11)19)14(22-7)8-3-2-4-10(17)12(8)18/h2-6H,1H3. The Bertz CT molecular complexity index is 844. The first-order chi connectivity index (χ1) is 10.5. The highest BCUT2D eigenvalue weighted by Gasteiger charge is 2.22. The third-order valence-electron chi connectivity index (χ3n) is 3.02. The van der Waals surface area contributed by atoms with Crippen molar-refractivity contribution in [3.05, 3.63) is 56.0 Å². The average molecular weight is 419 g/mol. The number of rotatable bonds is 2. The molecule has 2 aromatic heterocycles. The van der Waals surface area contributed by atoms with Gasteiger partial charge in [-0.05, 0) is 34.1 Å². The van der Waals surface area contributed by atoms with Gasteiger partial charge in [-0.15, -0.1) is 0 Å². The molecule has 0 fully saturated rings. The van der Waals surface area contributed by atoms with Gasteiger partial charge in [0.05, 0.1) is 15.6 Å². The Kier molecular flexibility index (Phi) is 4.46. The Labute approximate surface area is 150 Å². The molecule has 0 saturated heterocycles. The van der Waals surface area contributed by atoms with Gasteiger partial charge >= 0.3 is 0 Å². The summed E-state index contributed by atoms with van der Waals surface area (Å²) in [7, 11) is 0. The van der Waals surface area contributed by atoms with Crippen LogP contribution in [0.15, 0.2) is 39.4 Å². The molecule has 0 N–H and O–H groups in total. The molecule has 0 bridgehead atoms. The summed E-state index contributed by atoms with van der Waals surface area (Å²) in [6, 6.07) is 7.11. The minimum atomic E-state index is 0.321. The number of pyridine rings is 1. The van der Waals surface area contributed by atoms with Crippen LogP contribution in [0.25, 0.3) is 22.6 Å². The summed E-state index contributed by atoms with van der Waals surface area (Å²) in [4.78, 5) is 8.52. The Hall–Kier alpha value is -1.07. The molecule has 0 unspecified atom stereocenters. The third-order valence-corrected chi connectivity index (χ3v) is 4.79. The van der Waals surface area contributed by atoms with E-state index in [0.717, 1.165) is 4.47 Å². The molecule has 0 aliphatic rings. The number of hydrogen-bond acceptors (Lipinski definition) is 3. The summed E-state index contributed by atoms with van der Waals surface area (Å²) in [5.41, 5.74) is 1.86. The van der Waals surface area contributed by atoms with Crippen LogP contribution in [-0.4, -0.2) is 9.97 Å². The number of benzene rings is 1. The van der Waals surface area contributed by atoms with Crippen LogP contribution in [0.1, 0.15) is 5.89 Å². The zero-order valence-corrected chi connectivity index (χ0v) is 15.1. The first kappa shape index (κ1) is 15.8. The molecule has 0 saturated carbocycles. The molecular weight excluding hydrogens is 410 g/mol. The second kappa shape index (κ2) is 6.20. The Balaban J connectivity index is 2.30. The molecule has 0 spiro atoms. The molecule has 0 radical (unpaired) electrons. The van der Waals surface area contributed by atoms with E-state index < -0.39 is 0 Å². The number of oxazole rings is 1. The molecule has 0 aliphatic carbocycles. The second-order valence-electron chi connectivity index (χ2n) is 4.47. The van der Waals surface area contributed by atoms with Gasteiger partial charge in [-0.3, -0.25) is 0 Å². The van der Waals surface area contributed by atoms with E-state index >= 15 is 0 Å². The first-order valence-corrected chi connectivity index (χ1v) is 8.14. The predicted octanol–water partition coefficient (Wildman–Crippen LogP) is 6.43. The highest BCUT2D eigenvalue weighted by molar-refractivity contribution is 9.10. The van der Waals surface area contributed by atoms with Crippen LogP contribution in [-0.2, 0) is 0 Å². The SMILES string of the molecule is Cc1nc(-c2c(Br)ccnc2Cl)c(-c2cccc(Cl)c2Cl)o1. The lowest BCUT2D eigenvalue weighted by atomic mass is 10.1. The van der Waals surface area contributed by atoms with Crippen molar-refractivity contribution in [3.63, 3.8) is 0 Å². The van der Waals surface area contributed by atoms with Gasteiger partial charge in [0, 0.05) is 23.2 Å². The van der Waals surface area contributed by atoms with Crippen LogP contribution in [0, 0.1) is 6.92 Å². The lowest BCUT2D eigenvalue weighted by molar-refractivity contribution is 0.534. The van der Waals surface area contributed by atoms with E-state index in [1.54, 1.807) is 31.3 Å². The maximum absolute atomic E-state index is 6.30. The normalized spacial score (nSPS) is 11.0. The lowest BCUT2D eigenvalue weighted by Gasteiger charge is -2.07. The van der Waals surface area contributed by atoms with Crippen molar-refractivity contribution in [2.45, 2.75) is 6.92 Å². The molecule has 3 nitrogen and oxygen atoms in total.